The number of nitrogens with zero attached hydrogens (tertiary/aromatic N) is 4. The van der Waals surface area contributed by atoms with Crippen molar-refractivity contribution in [2.45, 2.75) is 13.1 Å². The van der Waals surface area contributed by atoms with Crippen LogP contribution in [0.4, 0.5) is 10.6 Å². The number of carbonyl (C=O) groups excluding carboxylic acids is 1. The molecule has 1 aliphatic heterocycles. The van der Waals surface area contributed by atoms with Crippen molar-refractivity contribution in [1.82, 2.24) is 25.5 Å². The van der Waals surface area contributed by atoms with Gasteiger partial charge in [-0.3, -0.25) is 4.98 Å². The molecule has 1 saturated heterocycles. The fraction of sp³-hybridized carbons (Fsp3) is 0.389. The summed E-state index contributed by atoms with van der Waals surface area (Å²) in [5.74, 6) is 0.998. The van der Waals surface area contributed by atoms with Crippen molar-refractivity contribution < 1.29 is 4.79 Å². The van der Waals surface area contributed by atoms with Crippen LogP contribution in [0.2, 0.25) is 0 Å². The van der Waals surface area contributed by atoms with Gasteiger partial charge in [-0.1, -0.05) is 12.1 Å². The summed E-state index contributed by atoms with van der Waals surface area (Å²) in [6.45, 7) is 5.02. The predicted molar refractivity (Wildman–Crippen MR) is 97.3 cm³/mol. The minimum atomic E-state index is -0.202. The van der Waals surface area contributed by atoms with Gasteiger partial charge in [-0.15, -0.1) is 0 Å². The highest BCUT2D eigenvalue weighted by Crippen LogP contribution is 2.13. The van der Waals surface area contributed by atoms with Crippen LogP contribution in [0.1, 0.15) is 11.1 Å². The molecule has 0 aromatic carbocycles. The Kier molecular flexibility index (Phi) is 5.79. The molecule has 0 saturated carbocycles. The number of hydrogen-bond acceptors (Lipinski definition) is 5. The number of rotatable bonds is 5. The second-order valence-electron chi connectivity index (χ2n) is 6.21. The average Bonchev–Trinajstić information content (AvgIpc) is 2.67. The van der Waals surface area contributed by atoms with E-state index in [0.29, 0.717) is 13.1 Å². The highest BCUT2D eigenvalue weighted by molar-refractivity contribution is 5.73. The van der Waals surface area contributed by atoms with Crippen molar-refractivity contribution in [1.29, 1.82) is 0 Å². The lowest BCUT2D eigenvalue weighted by Gasteiger charge is -2.33. The van der Waals surface area contributed by atoms with Gasteiger partial charge in [0.25, 0.3) is 0 Å². The van der Waals surface area contributed by atoms with Gasteiger partial charge in [0.2, 0.25) is 0 Å². The average molecular weight is 340 g/mol. The number of piperazine rings is 1. The Morgan fingerprint density at radius 1 is 1.04 bits per heavy atom. The fourth-order valence-electron chi connectivity index (χ4n) is 2.67. The lowest BCUT2D eigenvalue weighted by molar-refractivity contribution is 0.240. The monoisotopic (exact) mass is 340 g/mol. The van der Waals surface area contributed by atoms with Crippen molar-refractivity contribution in [3.63, 3.8) is 0 Å². The van der Waals surface area contributed by atoms with Gasteiger partial charge in [-0.25, -0.2) is 9.78 Å². The standard InChI is InChI=1S/C18H24N6O/c1-23-7-9-24(10-8-23)17-5-4-16(12-20-17)14-22-18(25)21-13-15-3-2-6-19-11-15/h2-6,11-12H,7-10,13-14H2,1H3,(H2,21,22,25). The molecule has 2 amide bonds. The number of amides is 2. The molecule has 0 spiro atoms. The molecular weight excluding hydrogens is 316 g/mol. The summed E-state index contributed by atoms with van der Waals surface area (Å²) in [6, 6.07) is 7.61. The number of aromatic nitrogens is 2. The molecular formula is C18H24N6O. The van der Waals surface area contributed by atoms with Crippen molar-refractivity contribution >= 4 is 11.8 Å². The second-order valence-corrected chi connectivity index (χ2v) is 6.21. The van der Waals surface area contributed by atoms with Gasteiger partial charge >= 0.3 is 6.03 Å². The smallest absolute Gasteiger partial charge is 0.315 e. The maximum absolute atomic E-state index is 11.9. The first-order valence-electron chi connectivity index (χ1n) is 8.50. The van der Waals surface area contributed by atoms with Crippen LogP contribution in [-0.2, 0) is 13.1 Å². The molecule has 0 radical (unpaired) electrons. The Bertz CT molecular complexity index is 668. The molecule has 0 aliphatic carbocycles. The normalized spacial score (nSPS) is 15.0. The first-order valence-corrected chi connectivity index (χ1v) is 8.50. The van der Waals surface area contributed by atoms with Gasteiger partial charge in [0, 0.05) is 57.9 Å². The number of pyridine rings is 2. The highest BCUT2D eigenvalue weighted by atomic mass is 16.2. The Labute approximate surface area is 148 Å². The number of hydrogen-bond donors (Lipinski definition) is 2. The molecule has 0 unspecified atom stereocenters. The van der Waals surface area contributed by atoms with E-state index < -0.39 is 0 Å². The van der Waals surface area contributed by atoms with Crippen LogP contribution in [-0.4, -0.2) is 54.1 Å². The lowest BCUT2D eigenvalue weighted by atomic mass is 10.2. The summed E-state index contributed by atoms with van der Waals surface area (Å²) < 4.78 is 0. The Morgan fingerprint density at radius 3 is 2.36 bits per heavy atom. The van der Waals surface area contributed by atoms with Crippen LogP contribution >= 0.6 is 0 Å². The van der Waals surface area contributed by atoms with Crippen LogP contribution in [0.3, 0.4) is 0 Å². The molecule has 1 fully saturated rings. The van der Waals surface area contributed by atoms with E-state index in [1.54, 1.807) is 12.4 Å². The molecule has 2 N–H and O–H groups in total. The molecule has 25 heavy (non-hydrogen) atoms. The van der Waals surface area contributed by atoms with E-state index in [1.165, 1.54) is 0 Å². The van der Waals surface area contributed by atoms with Crippen molar-refractivity contribution in [2.75, 3.05) is 38.1 Å². The number of nitrogens with one attached hydrogen (secondary N) is 2. The van der Waals surface area contributed by atoms with Crippen LogP contribution in [0.5, 0.6) is 0 Å². The summed E-state index contributed by atoms with van der Waals surface area (Å²) in [4.78, 5) is 25.0. The largest absolute Gasteiger partial charge is 0.354 e. The SMILES string of the molecule is CN1CCN(c2ccc(CNC(=O)NCc3cccnc3)cn2)CC1. The van der Waals surface area contributed by atoms with Gasteiger partial charge < -0.3 is 20.4 Å². The van der Waals surface area contributed by atoms with E-state index in [4.69, 9.17) is 0 Å². The number of anilines is 1. The van der Waals surface area contributed by atoms with Crippen LogP contribution in [0, 0.1) is 0 Å². The van der Waals surface area contributed by atoms with E-state index in [2.05, 4.69) is 37.4 Å². The lowest BCUT2D eigenvalue weighted by Crippen LogP contribution is -2.44. The van der Waals surface area contributed by atoms with Crippen LogP contribution in [0.25, 0.3) is 0 Å². The summed E-state index contributed by atoms with van der Waals surface area (Å²) in [6.07, 6.45) is 5.28. The first kappa shape index (κ1) is 17.2. The van der Waals surface area contributed by atoms with E-state index in [9.17, 15) is 4.79 Å². The molecule has 1 aliphatic rings. The molecule has 0 atom stereocenters. The minimum Gasteiger partial charge on any atom is -0.354 e. The number of urea groups is 1. The van der Waals surface area contributed by atoms with E-state index in [-0.39, 0.29) is 6.03 Å². The van der Waals surface area contributed by atoms with E-state index in [1.807, 2.05) is 30.5 Å². The topological polar surface area (TPSA) is 73.4 Å². The first-order chi connectivity index (χ1) is 12.2. The molecule has 0 bridgehead atoms. The third kappa shape index (κ3) is 5.15. The minimum absolute atomic E-state index is 0.202. The molecule has 2 aromatic heterocycles. The maximum atomic E-state index is 11.9. The third-order valence-electron chi connectivity index (χ3n) is 4.27. The van der Waals surface area contributed by atoms with Gasteiger partial charge in [0.1, 0.15) is 5.82 Å². The molecule has 3 heterocycles. The fourth-order valence-corrected chi connectivity index (χ4v) is 2.67. The van der Waals surface area contributed by atoms with Crippen molar-refractivity contribution in [3.05, 3.63) is 54.0 Å². The summed E-state index contributed by atoms with van der Waals surface area (Å²) in [5.41, 5.74) is 1.95. The van der Waals surface area contributed by atoms with E-state index >= 15 is 0 Å². The summed E-state index contributed by atoms with van der Waals surface area (Å²) in [5, 5.41) is 5.66. The number of likely N-dealkylation sites (N-methyl/N-ethyl adjacent to an activating group) is 1. The van der Waals surface area contributed by atoms with Crippen LogP contribution in [0.15, 0.2) is 42.9 Å². The van der Waals surface area contributed by atoms with Gasteiger partial charge in [-0.2, -0.15) is 0 Å². The molecule has 132 valence electrons. The summed E-state index contributed by atoms with van der Waals surface area (Å²) in [7, 11) is 2.14. The quantitative estimate of drug-likeness (QED) is 0.856. The zero-order chi connectivity index (χ0) is 17.5. The Morgan fingerprint density at radius 2 is 1.76 bits per heavy atom. The van der Waals surface area contributed by atoms with Gasteiger partial charge in [0.15, 0.2) is 0 Å². The zero-order valence-corrected chi connectivity index (χ0v) is 14.5. The van der Waals surface area contributed by atoms with Crippen molar-refractivity contribution in [2.24, 2.45) is 0 Å². The zero-order valence-electron chi connectivity index (χ0n) is 14.5. The maximum Gasteiger partial charge on any atom is 0.315 e. The van der Waals surface area contributed by atoms with Crippen molar-refractivity contribution in [3.8, 4) is 0 Å². The Hall–Kier alpha value is -2.67. The second kappa shape index (κ2) is 8.43. The highest BCUT2D eigenvalue weighted by Gasteiger charge is 2.14. The summed E-state index contributed by atoms with van der Waals surface area (Å²) >= 11 is 0. The van der Waals surface area contributed by atoms with E-state index in [0.717, 1.165) is 43.1 Å². The van der Waals surface area contributed by atoms with Crippen LogP contribution < -0.4 is 15.5 Å². The molecule has 7 heteroatoms. The molecule has 3 rings (SSSR count). The molecule has 7 nitrogen and oxygen atoms in total. The predicted octanol–water partition coefficient (Wildman–Crippen LogP) is 1.23. The third-order valence-corrected chi connectivity index (χ3v) is 4.27. The number of carbonyl (C=O) groups is 1. The van der Waals surface area contributed by atoms with Gasteiger partial charge in [0.05, 0.1) is 0 Å². The van der Waals surface area contributed by atoms with Gasteiger partial charge in [-0.05, 0) is 30.3 Å². The Balaban J connectivity index is 1.43. The molecule has 2 aromatic rings.